The fourth-order valence-electron chi connectivity index (χ4n) is 2.56. The molecule has 0 aromatic rings. The lowest BCUT2D eigenvalue weighted by molar-refractivity contribution is 0.0704. The summed E-state index contributed by atoms with van der Waals surface area (Å²) in [7, 11) is 1.76. The summed E-state index contributed by atoms with van der Waals surface area (Å²) in [5, 5.41) is 9.18. The molecule has 1 saturated heterocycles. The lowest BCUT2D eigenvalue weighted by atomic mass is 10.1. The first-order valence-electron chi connectivity index (χ1n) is 7.09. The van der Waals surface area contributed by atoms with Gasteiger partial charge in [-0.3, -0.25) is 9.80 Å². The Balaban J connectivity index is 2.33. The maximum absolute atomic E-state index is 9.18. The molecule has 0 aromatic carbocycles. The van der Waals surface area contributed by atoms with Crippen molar-refractivity contribution in [2.75, 3.05) is 39.9 Å². The summed E-state index contributed by atoms with van der Waals surface area (Å²) in [5.74, 6) is 0. The quantitative estimate of drug-likeness (QED) is 0.692. The number of hydrogen-bond acceptors (Lipinski definition) is 4. The van der Waals surface area contributed by atoms with Crippen LogP contribution in [0.4, 0.5) is 0 Å². The fourth-order valence-corrected chi connectivity index (χ4v) is 2.56. The summed E-state index contributed by atoms with van der Waals surface area (Å²) in [6, 6.07) is 3.14. The minimum absolute atomic E-state index is 0.117. The maximum atomic E-state index is 9.18. The van der Waals surface area contributed by atoms with E-state index in [1.54, 1.807) is 7.11 Å². The molecule has 2 atom stereocenters. The summed E-state index contributed by atoms with van der Waals surface area (Å²) >= 11 is 0. The molecule has 0 radical (unpaired) electrons. The van der Waals surface area contributed by atoms with Crippen LogP contribution in [0.2, 0.25) is 0 Å². The average Bonchev–Trinajstić information content (AvgIpc) is 2.42. The maximum Gasteiger partial charge on any atom is 0.0978 e. The number of methoxy groups -OCH3 is 1. The first-order valence-corrected chi connectivity index (χ1v) is 7.09. The minimum atomic E-state index is 0.117. The standard InChI is InChI=1S/C14H27N3O/c1-4-5-14(12-15)17-9-7-16(8-10-17)13(2)6-11-18-3/h13-14H,4-11H2,1-3H3. The molecule has 18 heavy (non-hydrogen) atoms. The zero-order valence-electron chi connectivity index (χ0n) is 12.1. The van der Waals surface area contributed by atoms with Gasteiger partial charge in [0.25, 0.3) is 0 Å². The van der Waals surface area contributed by atoms with Crippen molar-refractivity contribution in [3.8, 4) is 6.07 Å². The Morgan fingerprint density at radius 3 is 2.28 bits per heavy atom. The molecule has 0 N–H and O–H groups in total. The van der Waals surface area contributed by atoms with Crippen LogP contribution in [0.5, 0.6) is 0 Å². The third-order valence-corrected chi connectivity index (χ3v) is 3.86. The highest BCUT2D eigenvalue weighted by Crippen LogP contribution is 2.13. The second-order valence-corrected chi connectivity index (χ2v) is 5.14. The number of ether oxygens (including phenoxy) is 1. The molecule has 1 heterocycles. The van der Waals surface area contributed by atoms with E-state index in [2.05, 4.69) is 29.7 Å². The largest absolute Gasteiger partial charge is 0.385 e. The van der Waals surface area contributed by atoms with E-state index < -0.39 is 0 Å². The summed E-state index contributed by atoms with van der Waals surface area (Å²) in [5.41, 5.74) is 0. The highest BCUT2D eigenvalue weighted by atomic mass is 16.5. The zero-order chi connectivity index (χ0) is 13.4. The van der Waals surface area contributed by atoms with E-state index in [1.807, 2.05) is 0 Å². The van der Waals surface area contributed by atoms with E-state index in [0.717, 1.165) is 52.0 Å². The van der Waals surface area contributed by atoms with Crippen LogP contribution in [0.15, 0.2) is 0 Å². The van der Waals surface area contributed by atoms with Crippen LogP contribution >= 0.6 is 0 Å². The van der Waals surface area contributed by atoms with E-state index in [4.69, 9.17) is 4.74 Å². The van der Waals surface area contributed by atoms with Gasteiger partial charge in [0.2, 0.25) is 0 Å². The molecule has 0 aliphatic carbocycles. The average molecular weight is 253 g/mol. The first-order chi connectivity index (χ1) is 8.72. The van der Waals surface area contributed by atoms with Crippen molar-refractivity contribution in [2.24, 2.45) is 0 Å². The molecular weight excluding hydrogens is 226 g/mol. The van der Waals surface area contributed by atoms with Gasteiger partial charge in [0.05, 0.1) is 12.1 Å². The van der Waals surface area contributed by atoms with Gasteiger partial charge in [-0.15, -0.1) is 0 Å². The highest BCUT2D eigenvalue weighted by molar-refractivity contribution is 4.93. The SMILES string of the molecule is CCCC(C#N)N1CCN(C(C)CCOC)CC1. The Bertz CT molecular complexity index is 256. The third-order valence-electron chi connectivity index (χ3n) is 3.86. The van der Waals surface area contributed by atoms with Crippen molar-refractivity contribution in [1.82, 2.24) is 9.80 Å². The molecule has 1 aliphatic heterocycles. The fraction of sp³-hybridized carbons (Fsp3) is 0.929. The predicted molar refractivity (Wildman–Crippen MR) is 73.4 cm³/mol. The number of piperazine rings is 1. The Morgan fingerprint density at radius 1 is 1.17 bits per heavy atom. The number of nitriles is 1. The summed E-state index contributed by atoms with van der Waals surface area (Å²) in [4.78, 5) is 4.85. The van der Waals surface area contributed by atoms with Crippen LogP contribution in [0.1, 0.15) is 33.1 Å². The Hall–Kier alpha value is -0.630. The molecule has 2 unspecified atom stereocenters. The molecule has 1 aliphatic rings. The topological polar surface area (TPSA) is 39.5 Å². The second-order valence-electron chi connectivity index (χ2n) is 5.14. The van der Waals surface area contributed by atoms with Crippen LogP contribution in [-0.2, 0) is 4.74 Å². The van der Waals surface area contributed by atoms with Gasteiger partial charge in [0.1, 0.15) is 0 Å². The molecule has 0 amide bonds. The molecule has 104 valence electrons. The summed E-state index contributed by atoms with van der Waals surface area (Å²) in [6.45, 7) is 9.44. The van der Waals surface area contributed by atoms with Gasteiger partial charge in [0, 0.05) is 45.9 Å². The van der Waals surface area contributed by atoms with Crippen molar-refractivity contribution >= 4 is 0 Å². The molecule has 0 bridgehead atoms. The Labute approximate surface area is 112 Å². The summed E-state index contributed by atoms with van der Waals surface area (Å²) < 4.78 is 5.13. The summed E-state index contributed by atoms with van der Waals surface area (Å²) in [6.07, 6.45) is 3.17. The van der Waals surface area contributed by atoms with Crippen LogP contribution in [0, 0.1) is 11.3 Å². The molecule has 4 nitrogen and oxygen atoms in total. The molecule has 4 heteroatoms. The molecular formula is C14H27N3O. The normalized spacial score (nSPS) is 21.4. The lowest BCUT2D eigenvalue weighted by Crippen LogP contribution is -2.52. The van der Waals surface area contributed by atoms with Gasteiger partial charge in [-0.25, -0.2) is 0 Å². The third kappa shape index (κ3) is 4.56. The van der Waals surface area contributed by atoms with Crippen molar-refractivity contribution in [3.05, 3.63) is 0 Å². The predicted octanol–water partition coefficient (Wildman–Crippen LogP) is 1.72. The van der Waals surface area contributed by atoms with Gasteiger partial charge >= 0.3 is 0 Å². The van der Waals surface area contributed by atoms with E-state index in [9.17, 15) is 5.26 Å². The zero-order valence-corrected chi connectivity index (χ0v) is 12.1. The van der Waals surface area contributed by atoms with E-state index >= 15 is 0 Å². The van der Waals surface area contributed by atoms with E-state index in [1.165, 1.54) is 0 Å². The lowest BCUT2D eigenvalue weighted by Gasteiger charge is -2.39. The Kier molecular flexibility index (Phi) is 7.26. The Morgan fingerprint density at radius 2 is 1.78 bits per heavy atom. The van der Waals surface area contributed by atoms with Gasteiger partial charge in [-0.2, -0.15) is 5.26 Å². The van der Waals surface area contributed by atoms with Crippen molar-refractivity contribution in [3.63, 3.8) is 0 Å². The smallest absolute Gasteiger partial charge is 0.0978 e. The minimum Gasteiger partial charge on any atom is -0.385 e. The van der Waals surface area contributed by atoms with Crippen LogP contribution in [0.25, 0.3) is 0 Å². The van der Waals surface area contributed by atoms with Crippen molar-refractivity contribution < 1.29 is 4.74 Å². The van der Waals surface area contributed by atoms with Gasteiger partial charge < -0.3 is 4.74 Å². The van der Waals surface area contributed by atoms with Gasteiger partial charge in [-0.05, 0) is 19.8 Å². The second kappa shape index (κ2) is 8.47. The number of rotatable bonds is 7. The van der Waals surface area contributed by atoms with Crippen LogP contribution < -0.4 is 0 Å². The van der Waals surface area contributed by atoms with Crippen LogP contribution in [-0.4, -0.2) is 61.8 Å². The van der Waals surface area contributed by atoms with Gasteiger partial charge in [0.15, 0.2) is 0 Å². The number of nitrogens with zero attached hydrogens (tertiary/aromatic N) is 3. The molecule has 0 saturated carbocycles. The van der Waals surface area contributed by atoms with E-state index in [-0.39, 0.29) is 6.04 Å². The highest BCUT2D eigenvalue weighted by Gasteiger charge is 2.25. The molecule has 1 fully saturated rings. The number of hydrogen-bond donors (Lipinski definition) is 0. The van der Waals surface area contributed by atoms with Crippen molar-refractivity contribution in [2.45, 2.75) is 45.2 Å². The molecule has 0 spiro atoms. The molecule has 0 aromatic heterocycles. The first kappa shape index (κ1) is 15.4. The molecule has 1 rings (SSSR count). The van der Waals surface area contributed by atoms with Gasteiger partial charge in [-0.1, -0.05) is 13.3 Å². The van der Waals surface area contributed by atoms with Crippen molar-refractivity contribution in [1.29, 1.82) is 5.26 Å². The van der Waals surface area contributed by atoms with E-state index in [0.29, 0.717) is 6.04 Å². The van der Waals surface area contributed by atoms with Crippen LogP contribution in [0.3, 0.4) is 0 Å². The monoisotopic (exact) mass is 253 g/mol.